The third-order valence-corrected chi connectivity index (χ3v) is 5.90. The van der Waals surface area contributed by atoms with Gasteiger partial charge in [0.1, 0.15) is 18.3 Å². The molecule has 0 fully saturated rings. The van der Waals surface area contributed by atoms with Crippen molar-refractivity contribution in [2.75, 3.05) is 4.90 Å². The quantitative estimate of drug-likeness (QED) is 0.381. The van der Waals surface area contributed by atoms with Crippen LogP contribution in [0.15, 0.2) is 72.8 Å². The number of carbonyl (C=O) groups excluding carboxylic acids is 2. The Morgan fingerprint density at radius 1 is 0.974 bits per heavy atom. The molecule has 4 aromatic rings. The number of nitrogens with zero attached hydrogens (tertiary/aromatic N) is 5. The van der Waals surface area contributed by atoms with Gasteiger partial charge in [0.05, 0.1) is 0 Å². The first-order valence-corrected chi connectivity index (χ1v) is 12.4. The van der Waals surface area contributed by atoms with Crippen molar-refractivity contribution in [2.45, 2.75) is 52.7 Å². The zero-order valence-electron chi connectivity index (χ0n) is 22.2. The molecule has 9 heteroatoms. The van der Waals surface area contributed by atoms with Crippen molar-refractivity contribution in [2.24, 2.45) is 0 Å². The van der Waals surface area contributed by atoms with Crippen LogP contribution in [-0.4, -0.2) is 42.7 Å². The molecule has 0 aliphatic carbocycles. The maximum absolute atomic E-state index is 14.0. The number of phenolic OH excluding ortho intramolecular Hbond substituents is 1. The van der Waals surface area contributed by atoms with Gasteiger partial charge in [-0.25, -0.2) is 0 Å². The van der Waals surface area contributed by atoms with Crippen LogP contribution in [0.2, 0.25) is 0 Å². The lowest BCUT2D eigenvalue weighted by molar-refractivity contribution is -0.128. The Morgan fingerprint density at radius 3 is 2.26 bits per heavy atom. The van der Waals surface area contributed by atoms with E-state index in [1.807, 2.05) is 77.1 Å². The Morgan fingerprint density at radius 2 is 1.63 bits per heavy atom. The molecule has 2 amide bonds. The number of amides is 2. The molecule has 9 nitrogen and oxygen atoms in total. The molecule has 3 aromatic carbocycles. The SMILES string of the molecule is Cc1ccc(-c2nnn(CC(=O)N(c3ccccc3C)C(C(=O)NC(C)(C)C)c3ccc(O)cc3)n2)cc1. The summed E-state index contributed by atoms with van der Waals surface area (Å²) in [6, 6.07) is 20.4. The molecule has 196 valence electrons. The molecule has 0 radical (unpaired) electrons. The molecule has 4 rings (SSSR count). The second kappa shape index (κ2) is 10.8. The number of phenols is 1. The molecule has 0 aliphatic rings. The van der Waals surface area contributed by atoms with E-state index in [9.17, 15) is 14.7 Å². The monoisotopic (exact) mass is 512 g/mol. The number of nitrogens with one attached hydrogen (secondary N) is 1. The first kappa shape index (κ1) is 26.5. The summed E-state index contributed by atoms with van der Waals surface area (Å²) in [5, 5.41) is 25.5. The van der Waals surface area contributed by atoms with Crippen molar-refractivity contribution in [1.82, 2.24) is 25.5 Å². The van der Waals surface area contributed by atoms with Crippen molar-refractivity contribution < 1.29 is 14.7 Å². The van der Waals surface area contributed by atoms with Crippen LogP contribution < -0.4 is 10.2 Å². The number of benzene rings is 3. The average Bonchev–Trinajstić information content (AvgIpc) is 3.31. The molecule has 1 unspecified atom stereocenters. The van der Waals surface area contributed by atoms with E-state index in [1.54, 1.807) is 18.2 Å². The zero-order valence-corrected chi connectivity index (χ0v) is 22.2. The number of rotatable bonds is 7. The minimum atomic E-state index is -1.01. The maximum atomic E-state index is 14.0. The number of aromatic nitrogens is 4. The normalized spacial score (nSPS) is 12.1. The number of para-hydroxylation sites is 1. The summed E-state index contributed by atoms with van der Waals surface area (Å²) in [5.41, 5.74) is 3.31. The second-order valence-corrected chi connectivity index (χ2v) is 10.3. The molecule has 1 atom stereocenters. The lowest BCUT2D eigenvalue weighted by Crippen LogP contribution is -2.50. The number of anilines is 1. The largest absolute Gasteiger partial charge is 0.508 e. The molecule has 0 saturated heterocycles. The van der Waals surface area contributed by atoms with E-state index in [-0.39, 0.29) is 18.2 Å². The van der Waals surface area contributed by atoms with Gasteiger partial charge in [-0.05, 0) is 69.2 Å². The smallest absolute Gasteiger partial charge is 0.251 e. The number of aryl methyl sites for hydroxylation is 2. The summed E-state index contributed by atoms with van der Waals surface area (Å²) < 4.78 is 0. The van der Waals surface area contributed by atoms with Crippen molar-refractivity contribution >= 4 is 17.5 Å². The Bertz CT molecular complexity index is 1420. The van der Waals surface area contributed by atoms with Crippen LogP contribution in [0.25, 0.3) is 11.4 Å². The van der Waals surface area contributed by atoms with E-state index in [4.69, 9.17) is 0 Å². The number of hydrogen-bond acceptors (Lipinski definition) is 6. The standard InChI is InChI=1S/C29H32N6O3/c1-19-10-12-22(13-11-19)27-31-33-34(32-27)18-25(37)35(24-9-7-6-8-20(24)2)26(28(38)30-29(3,4)5)21-14-16-23(36)17-15-21/h6-17,26,36H,18H2,1-5H3,(H,30,38). The first-order chi connectivity index (χ1) is 18.0. The third-order valence-electron chi connectivity index (χ3n) is 5.90. The predicted molar refractivity (Wildman–Crippen MR) is 145 cm³/mol. The Kier molecular flexibility index (Phi) is 7.57. The lowest BCUT2D eigenvalue weighted by Gasteiger charge is -2.34. The van der Waals surface area contributed by atoms with Crippen molar-refractivity contribution in [1.29, 1.82) is 0 Å². The van der Waals surface area contributed by atoms with Crippen molar-refractivity contribution in [3.05, 3.63) is 89.5 Å². The summed E-state index contributed by atoms with van der Waals surface area (Å²) in [6.07, 6.45) is 0. The van der Waals surface area contributed by atoms with Gasteiger partial charge >= 0.3 is 0 Å². The highest BCUT2D eigenvalue weighted by Gasteiger charge is 2.35. The van der Waals surface area contributed by atoms with Crippen LogP contribution in [0.3, 0.4) is 0 Å². The molecule has 0 spiro atoms. The van der Waals surface area contributed by atoms with Gasteiger partial charge in [0, 0.05) is 16.8 Å². The van der Waals surface area contributed by atoms with Gasteiger partial charge in [0.15, 0.2) is 0 Å². The summed E-state index contributed by atoms with van der Waals surface area (Å²) in [4.78, 5) is 30.4. The van der Waals surface area contributed by atoms with Gasteiger partial charge in [-0.1, -0.05) is 60.2 Å². The van der Waals surface area contributed by atoms with Gasteiger partial charge in [-0.3, -0.25) is 14.5 Å². The highest BCUT2D eigenvalue weighted by atomic mass is 16.3. The highest BCUT2D eigenvalue weighted by molar-refractivity contribution is 6.01. The Balaban J connectivity index is 1.75. The lowest BCUT2D eigenvalue weighted by atomic mass is 9.99. The number of aromatic hydroxyl groups is 1. The van der Waals surface area contributed by atoms with E-state index in [1.165, 1.54) is 21.8 Å². The van der Waals surface area contributed by atoms with Crippen LogP contribution >= 0.6 is 0 Å². The molecular formula is C29H32N6O3. The van der Waals surface area contributed by atoms with E-state index >= 15 is 0 Å². The average molecular weight is 513 g/mol. The second-order valence-electron chi connectivity index (χ2n) is 10.3. The molecule has 38 heavy (non-hydrogen) atoms. The van der Waals surface area contributed by atoms with E-state index in [0.717, 1.165) is 16.7 Å². The Labute approximate surface area is 222 Å². The fourth-order valence-electron chi connectivity index (χ4n) is 4.09. The van der Waals surface area contributed by atoms with Gasteiger partial charge in [0.2, 0.25) is 11.7 Å². The number of carbonyl (C=O) groups is 2. The third kappa shape index (κ3) is 6.23. The molecule has 0 aliphatic heterocycles. The summed E-state index contributed by atoms with van der Waals surface area (Å²) >= 11 is 0. The van der Waals surface area contributed by atoms with Gasteiger partial charge < -0.3 is 10.4 Å². The van der Waals surface area contributed by atoms with Crippen LogP contribution in [0.4, 0.5) is 5.69 Å². The Hall–Kier alpha value is -4.53. The molecule has 1 aromatic heterocycles. The zero-order chi connectivity index (χ0) is 27.4. The molecule has 0 bridgehead atoms. The van der Waals surface area contributed by atoms with Crippen LogP contribution in [0.5, 0.6) is 5.75 Å². The van der Waals surface area contributed by atoms with Gasteiger partial charge in [0.25, 0.3) is 5.91 Å². The fraction of sp³-hybridized carbons (Fsp3) is 0.276. The molecular weight excluding hydrogens is 480 g/mol. The van der Waals surface area contributed by atoms with E-state index < -0.39 is 17.5 Å². The maximum Gasteiger partial charge on any atom is 0.251 e. The van der Waals surface area contributed by atoms with Crippen LogP contribution in [0.1, 0.15) is 43.5 Å². The summed E-state index contributed by atoms with van der Waals surface area (Å²) in [7, 11) is 0. The number of hydrogen-bond donors (Lipinski definition) is 2. The van der Waals surface area contributed by atoms with Gasteiger partial charge in [-0.15, -0.1) is 10.2 Å². The fourth-order valence-corrected chi connectivity index (χ4v) is 4.09. The van der Waals surface area contributed by atoms with Crippen LogP contribution in [-0.2, 0) is 16.1 Å². The molecule has 1 heterocycles. The van der Waals surface area contributed by atoms with Crippen molar-refractivity contribution in [3.8, 4) is 17.1 Å². The predicted octanol–water partition coefficient (Wildman–Crippen LogP) is 4.35. The summed E-state index contributed by atoms with van der Waals surface area (Å²) in [6.45, 7) is 9.28. The van der Waals surface area contributed by atoms with Crippen LogP contribution in [0, 0.1) is 13.8 Å². The van der Waals surface area contributed by atoms with E-state index in [0.29, 0.717) is 17.1 Å². The minimum absolute atomic E-state index is 0.0629. The minimum Gasteiger partial charge on any atom is -0.508 e. The van der Waals surface area contributed by atoms with E-state index in [2.05, 4.69) is 20.7 Å². The topological polar surface area (TPSA) is 113 Å². The highest BCUT2D eigenvalue weighted by Crippen LogP contribution is 2.32. The van der Waals surface area contributed by atoms with Crippen molar-refractivity contribution in [3.63, 3.8) is 0 Å². The number of tetrazole rings is 1. The van der Waals surface area contributed by atoms with Gasteiger partial charge in [-0.2, -0.15) is 4.80 Å². The molecule has 0 saturated carbocycles. The molecule has 2 N–H and O–H groups in total. The summed E-state index contributed by atoms with van der Waals surface area (Å²) in [5.74, 6) is -0.283. The first-order valence-electron chi connectivity index (χ1n) is 12.4.